The minimum atomic E-state index is -2.42. The Morgan fingerprint density at radius 3 is 1.87 bits per heavy atom. The molecule has 0 rings (SSSR count). The molecule has 0 amide bonds. The van der Waals surface area contributed by atoms with Gasteiger partial charge in [-0.1, -0.05) is 19.8 Å². The molecule has 0 aliphatic carbocycles. The standard InChI is InChI=1S/C11H26O3Si/c1-7-8-9-10-15(12-5,13-6)14-11(2,3)4/h7-10H2,1-6H3. The van der Waals surface area contributed by atoms with Gasteiger partial charge in [-0.2, -0.15) is 0 Å². The van der Waals surface area contributed by atoms with E-state index in [0.717, 1.165) is 12.5 Å². The molecule has 0 radical (unpaired) electrons. The lowest BCUT2D eigenvalue weighted by atomic mass is 10.2. The zero-order valence-electron chi connectivity index (χ0n) is 11.1. The van der Waals surface area contributed by atoms with E-state index in [-0.39, 0.29) is 5.60 Å². The molecule has 0 N–H and O–H groups in total. The highest BCUT2D eigenvalue weighted by molar-refractivity contribution is 6.60. The summed E-state index contributed by atoms with van der Waals surface area (Å²) in [5.41, 5.74) is -0.204. The Morgan fingerprint density at radius 2 is 1.53 bits per heavy atom. The Bertz CT molecular complexity index is 162. The summed E-state index contributed by atoms with van der Waals surface area (Å²) in [5.74, 6) is 0. The molecule has 0 bridgehead atoms. The molecule has 0 saturated carbocycles. The van der Waals surface area contributed by atoms with E-state index in [1.54, 1.807) is 14.2 Å². The minimum absolute atomic E-state index is 0.204. The van der Waals surface area contributed by atoms with Crippen LogP contribution in [0, 0.1) is 0 Å². The average Bonchev–Trinajstić information content (AvgIpc) is 2.15. The maximum absolute atomic E-state index is 5.96. The van der Waals surface area contributed by atoms with Crippen LogP contribution in [-0.4, -0.2) is 28.6 Å². The van der Waals surface area contributed by atoms with Crippen LogP contribution in [0.3, 0.4) is 0 Å². The fourth-order valence-electron chi connectivity index (χ4n) is 1.48. The van der Waals surface area contributed by atoms with Gasteiger partial charge in [0.1, 0.15) is 0 Å². The molecule has 0 heterocycles. The third-order valence-electron chi connectivity index (χ3n) is 2.17. The average molecular weight is 234 g/mol. The van der Waals surface area contributed by atoms with Crippen molar-refractivity contribution in [1.82, 2.24) is 0 Å². The molecule has 0 aliphatic heterocycles. The molecule has 3 nitrogen and oxygen atoms in total. The minimum Gasteiger partial charge on any atom is -0.377 e. The van der Waals surface area contributed by atoms with Crippen molar-refractivity contribution in [1.29, 1.82) is 0 Å². The van der Waals surface area contributed by atoms with E-state index in [0.29, 0.717) is 0 Å². The Labute approximate surface area is 95.5 Å². The van der Waals surface area contributed by atoms with Gasteiger partial charge in [-0.3, -0.25) is 0 Å². The van der Waals surface area contributed by atoms with Crippen molar-refractivity contribution in [2.45, 2.75) is 58.6 Å². The summed E-state index contributed by atoms with van der Waals surface area (Å²) in [6.45, 7) is 8.29. The van der Waals surface area contributed by atoms with Gasteiger partial charge in [-0.05, 0) is 27.2 Å². The van der Waals surface area contributed by atoms with Crippen molar-refractivity contribution in [3.63, 3.8) is 0 Å². The van der Waals surface area contributed by atoms with Gasteiger partial charge in [0, 0.05) is 20.3 Å². The zero-order valence-corrected chi connectivity index (χ0v) is 12.1. The van der Waals surface area contributed by atoms with Gasteiger partial charge >= 0.3 is 8.80 Å². The van der Waals surface area contributed by atoms with Crippen LogP contribution in [0.2, 0.25) is 6.04 Å². The van der Waals surface area contributed by atoms with Crippen LogP contribution >= 0.6 is 0 Å². The van der Waals surface area contributed by atoms with Crippen LogP contribution in [0.15, 0.2) is 0 Å². The number of hydrogen-bond acceptors (Lipinski definition) is 3. The Morgan fingerprint density at radius 1 is 1.00 bits per heavy atom. The lowest BCUT2D eigenvalue weighted by Crippen LogP contribution is -2.48. The van der Waals surface area contributed by atoms with Crippen molar-refractivity contribution in [2.24, 2.45) is 0 Å². The first kappa shape index (κ1) is 15.1. The van der Waals surface area contributed by atoms with E-state index in [9.17, 15) is 0 Å². The fourth-order valence-corrected chi connectivity index (χ4v) is 3.94. The monoisotopic (exact) mass is 234 g/mol. The number of hydrogen-bond donors (Lipinski definition) is 0. The molecule has 15 heavy (non-hydrogen) atoms. The summed E-state index contributed by atoms with van der Waals surface area (Å²) in [7, 11) is 0.960. The molecular formula is C11H26O3Si. The molecule has 0 atom stereocenters. The third kappa shape index (κ3) is 6.30. The smallest absolute Gasteiger partial charge is 0.377 e. The predicted molar refractivity (Wildman–Crippen MR) is 64.9 cm³/mol. The van der Waals surface area contributed by atoms with Crippen molar-refractivity contribution >= 4 is 8.80 Å². The topological polar surface area (TPSA) is 27.7 Å². The molecule has 0 aliphatic rings. The predicted octanol–water partition coefficient (Wildman–Crippen LogP) is 3.22. The molecule has 0 aromatic heterocycles. The summed E-state index contributed by atoms with van der Waals surface area (Å²) in [6, 6.07) is 0.908. The van der Waals surface area contributed by atoms with Crippen molar-refractivity contribution in [2.75, 3.05) is 14.2 Å². The van der Waals surface area contributed by atoms with E-state index in [1.165, 1.54) is 12.8 Å². The largest absolute Gasteiger partial charge is 0.500 e. The zero-order chi connectivity index (χ0) is 11.9. The normalized spacial score (nSPS) is 13.2. The van der Waals surface area contributed by atoms with Gasteiger partial charge in [-0.25, -0.2) is 0 Å². The van der Waals surface area contributed by atoms with Crippen LogP contribution < -0.4 is 0 Å². The number of rotatable bonds is 7. The van der Waals surface area contributed by atoms with Crippen LogP contribution in [0.25, 0.3) is 0 Å². The second-order valence-corrected chi connectivity index (χ2v) is 7.65. The van der Waals surface area contributed by atoms with E-state index in [2.05, 4.69) is 6.92 Å². The summed E-state index contributed by atoms with van der Waals surface area (Å²) in [5, 5.41) is 0. The first-order valence-corrected chi connectivity index (χ1v) is 7.63. The summed E-state index contributed by atoms with van der Waals surface area (Å²) in [6.07, 6.45) is 3.52. The van der Waals surface area contributed by atoms with Gasteiger partial charge in [-0.15, -0.1) is 0 Å². The molecular weight excluding hydrogens is 208 g/mol. The molecule has 92 valence electrons. The summed E-state index contributed by atoms with van der Waals surface area (Å²) in [4.78, 5) is 0. The summed E-state index contributed by atoms with van der Waals surface area (Å²) >= 11 is 0. The molecule has 0 aromatic carbocycles. The van der Waals surface area contributed by atoms with Crippen LogP contribution in [0.5, 0.6) is 0 Å². The second kappa shape index (κ2) is 6.63. The van der Waals surface area contributed by atoms with Crippen LogP contribution in [0.4, 0.5) is 0 Å². The lowest BCUT2D eigenvalue weighted by Gasteiger charge is -2.33. The quantitative estimate of drug-likeness (QED) is 0.500. The highest BCUT2D eigenvalue weighted by Gasteiger charge is 2.41. The van der Waals surface area contributed by atoms with Gasteiger partial charge in [0.05, 0.1) is 5.60 Å². The molecule has 0 spiro atoms. The van der Waals surface area contributed by atoms with Gasteiger partial charge in [0.2, 0.25) is 0 Å². The molecule has 0 saturated heterocycles. The first-order chi connectivity index (χ1) is 6.89. The van der Waals surface area contributed by atoms with Crippen molar-refractivity contribution in [3.8, 4) is 0 Å². The van der Waals surface area contributed by atoms with Crippen LogP contribution in [0.1, 0.15) is 47.0 Å². The summed E-state index contributed by atoms with van der Waals surface area (Å²) < 4.78 is 17.0. The third-order valence-corrected chi connectivity index (χ3v) is 5.30. The van der Waals surface area contributed by atoms with Crippen molar-refractivity contribution in [3.05, 3.63) is 0 Å². The fraction of sp³-hybridized carbons (Fsp3) is 1.00. The molecule has 4 heteroatoms. The molecule has 0 unspecified atom stereocenters. The van der Waals surface area contributed by atoms with E-state index >= 15 is 0 Å². The highest BCUT2D eigenvalue weighted by Crippen LogP contribution is 2.24. The van der Waals surface area contributed by atoms with Crippen LogP contribution in [-0.2, 0) is 13.3 Å². The second-order valence-electron chi connectivity index (χ2n) is 4.76. The highest BCUT2D eigenvalue weighted by atomic mass is 28.4. The maximum Gasteiger partial charge on any atom is 0.500 e. The molecule has 0 fully saturated rings. The van der Waals surface area contributed by atoms with E-state index in [4.69, 9.17) is 13.3 Å². The van der Waals surface area contributed by atoms with Gasteiger partial charge in [0.25, 0.3) is 0 Å². The molecule has 0 aromatic rings. The van der Waals surface area contributed by atoms with E-state index in [1.807, 2.05) is 20.8 Å². The van der Waals surface area contributed by atoms with Crippen molar-refractivity contribution < 1.29 is 13.3 Å². The lowest BCUT2D eigenvalue weighted by molar-refractivity contribution is 0.0161. The Balaban J connectivity index is 4.30. The number of unbranched alkanes of at least 4 members (excludes halogenated alkanes) is 2. The SMILES string of the molecule is CCCCC[Si](OC)(OC)OC(C)(C)C. The maximum atomic E-state index is 5.96. The van der Waals surface area contributed by atoms with Gasteiger partial charge in [0.15, 0.2) is 0 Å². The first-order valence-electron chi connectivity index (χ1n) is 5.69. The Kier molecular flexibility index (Phi) is 6.67. The van der Waals surface area contributed by atoms with Gasteiger partial charge < -0.3 is 13.3 Å². The Hall–Kier alpha value is 0.0969. The van der Waals surface area contributed by atoms with E-state index < -0.39 is 8.80 Å².